The number of nitrogens with zero attached hydrogens (tertiary/aromatic N) is 1. The first-order valence-corrected chi connectivity index (χ1v) is 6.70. The van der Waals surface area contributed by atoms with Crippen molar-refractivity contribution in [1.82, 2.24) is 4.90 Å². The summed E-state index contributed by atoms with van der Waals surface area (Å²) < 4.78 is 0. The van der Waals surface area contributed by atoms with E-state index in [0.717, 1.165) is 18.9 Å². The van der Waals surface area contributed by atoms with Crippen LogP contribution in [-0.2, 0) is 4.79 Å². The number of unbranched alkanes of at least 4 members (excludes halogenated alkanes) is 2. The van der Waals surface area contributed by atoms with E-state index in [-0.39, 0.29) is 0 Å². The van der Waals surface area contributed by atoms with Gasteiger partial charge in [0.15, 0.2) is 0 Å². The summed E-state index contributed by atoms with van der Waals surface area (Å²) in [5.41, 5.74) is 0. The lowest BCUT2D eigenvalue weighted by molar-refractivity contribution is -0.137. The molecule has 0 amide bonds. The number of carboxylic acids is 1. The summed E-state index contributed by atoms with van der Waals surface area (Å²) in [6.45, 7) is 4.72. The van der Waals surface area contributed by atoms with Crippen molar-refractivity contribution in [1.29, 1.82) is 0 Å². The Morgan fingerprint density at radius 2 is 2.19 bits per heavy atom. The molecule has 1 fully saturated rings. The Hall–Kier alpha value is -0.570. The Morgan fingerprint density at radius 3 is 2.88 bits per heavy atom. The van der Waals surface area contributed by atoms with Gasteiger partial charge in [0.25, 0.3) is 0 Å². The zero-order chi connectivity index (χ0) is 11.8. The smallest absolute Gasteiger partial charge is 0.303 e. The predicted molar refractivity (Wildman–Crippen MR) is 65.6 cm³/mol. The predicted octanol–water partition coefficient (Wildman–Crippen LogP) is 2.90. The highest BCUT2D eigenvalue weighted by molar-refractivity contribution is 5.66. The van der Waals surface area contributed by atoms with E-state index in [1.165, 1.54) is 45.2 Å². The second kappa shape index (κ2) is 7.66. The van der Waals surface area contributed by atoms with Crippen molar-refractivity contribution in [2.75, 3.05) is 13.1 Å². The molecule has 1 N–H and O–H groups in total. The molecule has 94 valence electrons. The molecule has 1 saturated heterocycles. The van der Waals surface area contributed by atoms with Crippen molar-refractivity contribution in [3.63, 3.8) is 0 Å². The number of likely N-dealkylation sites (tertiary alicyclic amines) is 1. The van der Waals surface area contributed by atoms with Crippen LogP contribution in [0.4, 0.5) is 0 Å². The third-order valence-electron chi connectivity index (χ3n) is 3.48. The van der Waals surface area contributed by atoms with Gasteiger partial charge in [-0.2, -0.15) is 0 Å². The fraction of sp³-hybridized carbons (Fsp3) is 0.923. The first-order chi connectivity index (χ1) is 7.74. The van der Waals surface area contributed by atoms with E-state index in [9.17, 15) is 4.79 Å². The summed E-state index contributed by atoms with van der Waals surface area (Å²) in [5, 5.41) is 8.56. The minimum absolute atomic E-state index is 0.335. The number of hydrogen-bond acceptors (Lipinski definition) is 2. The van der Waals surface area contributed by atoms with Gasteiger partial charge in [0, 0.05) is 12.5 Å². The Kier molecular flexibility index (Phi) is 6.46. The van der Waals surface area contributed by atoms with Crippen LogP contribution in [0.15, 0.2) is 0 Å². The van der Waals surface area contributed by atoms with E-state index in [2.05, 4.69) is 11.8 Å². The molecule has 1 rings (SSSR count). The molecule has 16 heavy (non-hydrogen) atoms. The van der Waals surface area contributed by atoms with Gasteiger partial charge in [-0.1, -0.05) is 19.8 Å². The molecule has 0 aromatic carbocycles. The van der Waals surface area contributed by atoms with Crippen LogP contribution >= 0.6 is 0 Å². The maximum Gasteiger partial charge on any atom is 0.303 e. The van der Waals surface area contributed by atoms with Gasteiger partial charge >= 0.3 is 5.97 Å². The van der Waals surface area contributed by atoms with Crippen LogP contribution in [0.25, 0.3) is 0 Å². The third-order valence-corrected chi connectivity index (χ3v) is 3.48. The molecule has 0 unspecified atom stereocenters. The number of aliphatic carboxylic acids is 1. The maximum absolute atomic E-state index is 10.4. The first kappa shape index (κ1) is 13.5. The van der Waals surface area contributed by atoms with Gasteiger partial charge < -0.3 is 10.0 Å². The van der Waals surface area contributed by atoms with E-state index >= 15 is 0 Å². The Labute approximate surface area is 98.8 Å². The van der Waals surface area contributed by atoms with Gasteiger partial charge in [0.2, 0.25) is 0 Å². The number of hydrogen-bond donors (Lipinski definition) is 1. The van der Waals surface area contributed by atoms with Crippen LogP contribution in [0.5, 0.6) is 0 Å². The van der Waals surface area contributed by atoms with Gasteiger partial charge in [-0.15, -0.1) is 0 Å². The zero-order valence-electron chi connectivity index (χ0n) is 10.5. The van der Waals surface area contributed by atoms with Crippen LogP contribution in [0, 0.1) is 0 Å². The molecule has 1 aliphatic heterocycles. The highest BCUT2D eigenvalue weighted by atomic mass is 16.4. The van der Waals surface area contributed by atoms with Crippen molar-refractivity contribution in [3.05, 3.63) is 0 Å². The van der Waals surface area contributed by atoms with E-state index in [1.54, 1.807) is 0 Å². The molecular formula is C13H25NO2. The molecule has 0 radical (unpaired) electrons. The molecule has 0 bridgehead atoms. The molecule has 1 heterocycles. The summed E-state index contributed by atoms with van der Waals surface area (Å²) in [6, 6.07) is 0.736. The van der Waals surface area contributed by atoms with Gasteiger partial charge in [-0.3, -0.25) is 4.79 Å². The second-order valence-electron chi connectivity index (χ2n) is 4.83. The fourth-order valence-electron chi connectivity index (χ4n) is 2.53. The topological polar surface area (TPSA) is 40.5 Å². The van der Waals surface area contributed by atoms with Gasteiger partial charge in [-0.25, -0.2) is 0 Å². The molecule has 3 heteroatoms. The molecule has 1 atom stereocenters. The summed E-state index contributed by atoms with van der Waals surface area (Å²) in [5.74, 6) is -0.658. The quantitative estimate of drug-likeness (QED) is 0.648. The Morgan fingerprint density at radius 1 is 1.38 bits per heavy atom. The fourth-order valence-corrected chi connectivity index (χ4v) is 2.53. The molecule has 3 nitrogen and oxygen atoms in total. The molecule has 0 aromatic rings. The van der Waals surface area contributed by atoms with Gasteiger partial charge in [-0.05, 0) is 45.2 Å². The second-order valence-corrected chi connectivity index (χ2v) is 4.83. The third kappa shape index (κ3) is 4.97. The van der Waals surface area contributed by atoms with Crippen molar-refractivity contribution < 1.29 is 9.90 Å². The summed E-state index contributed by atoms with van der Waals surface area (Å²) in [6.07, 6.45) is 8.64. The van der Waals surface area contributed by atoms with E-state index in [0.29, 0.717) is 6.42 Å². The number of rotatable bonds is 8. The number of carboxylic acid groups (broad SMARTS) is 1. The molecule has 0 spiro atoms. The molecule has 0 aromatic heterocycles. The van der Waals surface area contributed by atoms with Crippen LogP contribution in [0.3, 0.4) is 0 Å². The minimum atomic E-state index is -0.658. The van der Waals surface area contributed by atoms with E-state index in [1.807, 2.05) is 0 Å². The van der Waals surface area contributed by atoms with Crippen LogP contribution in [-0.4, -0.2) is 35.1 Å². The Bertz CT molecular complexity index is 206. The standard InChI is InChI=1S/C13H25NO2/c1-2-3-10-14-11-6-8-12(14)7-4-5-9-13(15)16/h12H,2-11H2,1H3,(H,15,16)/t12-/m1/s1. The zero-order valence-corrected chi connectivity index (χ0v) is 10.5. The lowest BCUT2D eigenvalue weighted by Gasteiger charge is -2.24. The van der Waals surface area contributed by atoms with Crippen molar-refractivity contribution in [2.24, 2.45) is 0 Å². The molecule has 1 aliphatic rings. The van der Waals surface area contributed by atoms with Crippen LogP contribution in [0.1, 0.15) is 58.3 Å². The van der Waals surface area contributed by atoms with E-state index < -0.39 is 5.97 Å². The Balaban J connectivity index is 2.12. The van der Waals surface area contributed by atoms with Crippen molar-refractivity contribution >= 4 is 5.97 Å². The highest BCUT2D eigenvalue weighted by Gasteiger charge is 2.22. The lowest BCUT2D eigenvalue weighted by Crippen LogP contribution is -2.30. The van der Waals surface area contributed by atoms with Crippen molar-refractivity contribution in [2.45, 2.75) is 64.3 Å². The monoisotopic (exact) mass is 227 g/mol. The largest absolute Gasteiger partial charge is 0.481 e. The summed E-state index contributed by atoms with van der Waals surface area (Å²) >= 11 is 0. The van der Waals surface area contributed by atoms with Gasteiger partial charge in [0.05, 0.1) is 0 Å². The first-order valence-electron chi connectivity index (χ1n) is 6.70. The lowest BCUT2D eigenvalue weighted by atomic mass is 10.1. The van der Waals surface area contributed by atoms with Crippen LogP contribution in [0.2, 0.25) is 0 Å². The number of carbonyl (C=O) groups is 1. The summed E-state index contributed by atoms with van der Waals surface area (Å²) in [7, 11) is 0. The van der Waals surface area contributed by atoms with Crippen LogP contribution < -0.4 is 0 Å². The van der Waals surface area contributed by atoms with Crippen molar-refractivity contribution in [3.8, 4) is 0 Å². The maximum atomic E-state index is 10.4. The average Bonchev–Trinajstić information content (AvgIpc) is 2.69. The molecular weight excluding hydrogens is 202 g/mol. The SMILES string of the molecule is CCCCN1CCC[C@H]1CCCCC(=O)O. The molecule has 0 aliphatic carbocycles. The summed E-state index contributed by atoms with van der Waals surface area (Å²) in [4.78, 5) is 13.0. The van der Waals surface area contributed by atoms with Gasteiger partial charge in [0.1, 0.15) is 0 Å². The normalized spacial score (nSPS) is 21.4. The highest BCUT2D eigenvalue weighted by Crippen LogP contribution is 2.22. The minimum Gasteiger partial charge on any atom is -0.481 e. The molecule has 0 saturated carbocycles. The average molecular weight is 227 g/mol. The van der Waals surface area contributed by atoms with E-state index in [4.69, 9.17) is 5.11 Å².